The summed E-state index contributed by atoms with van der Waals surface area (Å²) < 4.78 is 22.8. The summed E-state index contributed by atoms with van der Waals surface area (Å²) in [6, 6.07) is -0.909. The van der Waals surface area contributed by atoms with E-state index in [1.54, 1.807) is 6.08 Å². The van der Waals surface area contributed by atoms with Crippen LogP contribution in [0.1, 0.15) is 258 Å². The van der Waals surface area contributed by atoms with Crippen molar-refractivity contribution < 1.29 is 64.6 Å². The summed E-state index contributed by atoms with van der Waals surface area (Å²) >= 11 is 0. The summed E-state index contributed by atoms with van der Waals surface area (Å²) in [4.78, 5) is 13.2. The van der Waals surface area contributed by atoms with Gasteiger partial charge >= 0.3 is 0 Å². The van der Waals surface area contributed by atoms with Crippen LogP contribution in [0.5, 0.6) is 0 Å². The number of carbonyl (C=O) groups is 1. The fraction of sp³-hybridized carbons (Fsp3) is 0.948. The zero-order chi connectivity index (χ0) is 52.4. The minimum atomic E-state index is -1.78. The fourth-order valence-electron chi connectivity index (χ4n) is 10.1. The molecule has 2 aliphatic heterocycles. The van der Waals surface area contributed by atoms with Gasteiger partial charge in [0, 0.05) is 6.42 Å². The Labute approximate surface area is 437 Å². The maximum absolute atomic E-state index is 13.2. The number of hydrogen-bond donors (Lipinski definition) is 9. The molecule has 0 aliphatic carbocycles. The number of aliphatic hydroxyl groups excluding tert-OH is 8. The van der Waals surface area contributed by atoms with E-state index in [0.29, 0.717) is 6.42 Å². The smallest absolute Gasteiger partial charge is 0.220 e. The Morgan fingerprint density at radius 3 is 1.28 bits per heavy atom. The van der Waals surface area contributed by atoms with E-state index in [1.165, 1.54) is 193 Å². The van der Waals surface area contributed by atoms with Gasteiger partial charge in [0.05, 0.1) is 32.0 Å². The second kappa shape index (κ2) is 44.8. The van der Waals surface area contributed by atoms with Crippen LogP contribution in [0.2, 0.25) is 0 Å². The molecule has 72 heavy (non-hydrogen) atoms. The van der Waals surface area contributed by atoms with Crippen LogP contribution in [0.25, 0.3) is 0 Å². The molecule has 0 bridgehead atoms. The summed E-state index contributed by atoms with van der Waals surface area (Å²) in [5.74, 6) is -0.235. The predicted molar refractivity (Wildman–Crippen MR) is 286 cm³/mol. The van der Waals surface area contributed by atoms with Gasteiger partial charge in [-0.1, -0.05) is 244 Å². The second-order valence-electron chi connectivity index (χ2n) is 21.5. The first-order valence-electron chi connectivity index (χ1n) is 29.9. The molecule has 14 nitrogen and oxygen atoms in total. The molecule has 2 fully saturated rings. The number of amides is 1. The quantitative estimate of drug-likeness (QED) is 0.0205. The van der Waals surface area contributed by atoms with Gasteiger partial charge in [-0.05, 0) is 19.3 Å². The molecule has 0 spiro atoms. The predicted octanol–water partition coefficient (Wildman–Crippen LogP) is 9.89. The molecule has 2 aliphatic rings. The van der Waals surface area contributed by atoms with E-state index in [4.69, 9.17) is 18.9 Å². The lowest BCUT2D eigenvalue weighted by Gasteiger charge is -2.46. The first-order chi connectivity index (χ1) is 35.1. The average Bonchev–Trinajstić information content (AvgIpc) is 3.38. The minimum absolute atomic E-state index is 0.235. The highest BCUT2D eigenvalue weighted by Gasteiger charge is 2.51. The van der Waals surface area contributed by atoms with E-state index in [2.05, 4.69) is 19.2 Å². The topological polar surface area (TPSA) is 228 Å². The molecule has 0 aromatic heterocycles. The molecule has 2 rings (SSSR count). The number of rotatable bonds is 48. The number of hydrogen-bond acceptors (Lipinski definition) is 13. The summed E-state index contributed by atoms with van der Waals surface area (Å²) in [6.45, 7) is 2.82. The molecule has 14 heteroatoms. The van der Waals surface area contributed by atoms with Crippen molar-refractivity contribution >= 4 is 5.91 Å². The third kappa shape index (κ3) is 30.5. The Kier molecular flexibility index (Phi) is 41.6. The Morgan fingerprint density at radius 2 is 0.861 bits per heavy atom. The Hall–Kier alpha value is -1.27. The van der Waals surface area contributed by atoms with E-state index < -0.39 is 86.8 Å². The Bertz CT molecular complexity index is 1260. The molecule has 0 saturated carbocycles. The minimum Gasteiger partial charge on any atom is -0.394 e. The molecule has 0 aromatic rings. The molecule has 1 amide bonds. The van der Waals surface area contributed by atoms with Crippen LogP contribution in [0, 0.1) is 0 Å². The van der Waals surface area contributed by atoms with Crippen LogP contribution in [0.3, 0.4) is 0 Å². The lowest BCUT2D eigenvalue weighted by Crippen LogP contribution is -2.65. The molecule has 2 saturated heterocycles. The van der Waals surface area contributed by atoms with Crippen molar-refractivity contribution in [2.45, 2.75) is 331 Å². The van der Waals surface area contributed by atoms with E-state index >= 15 is 0 Å². The number of carbonyl (C=O) groups excluding carboxylic acids is 1. The van der Waals surface area contributed by atoms with Crippen molar-refractivity contribution in [1.29, 1.82) is 0 Å². The second-order valence-corrected chi connectivity index (χ2v) is 21.5. The first-order valence-corrected chi connectivity index (χ1v) is 29.9. The van der Waals surface area contributed by atoms with Crippen LogP contribution in [0.4, 0.5) is 0 Å². The molecule has 12 atom stereocenters. The maximum atomic E-state index is 13.2. The zero-order valence-corrected chi connectivity index (χ0v) is 45.7. The molecule has 0 aromatic carbocycles. The van der Waals surface area contributed by atoms with Crippen molar-refractivity contribution in [3.63, 3.8) is 0 Å². The fourth-order valence-corrected chi connectivity index (χ4v) is 10.1. The summed E-state index contributed by atoms with van der Waals surface area (Å²) in [5, 5.41) is 87.0. The Balaban J connectivity index is 1.75. The number of allylic oxidation sites excluding steroid dienone is 1. The van der Waals surface area contributed by atoms with E-state index in [0.717, 1.165) is 38.5 Å². The molecule has 0 radical (unpaired) electrons. The maximum Gasteiger partial charge on any atom is 0.220 e. The van der Waals surface area contributed by atoms with Crippen LogP contribution in [-0.4, -0.2) is 140 Å². The summed E-state index contributed by atoms with van der Waals surface area (Å²) in [7, 11) is 0. The van der Waals surface area contributed by atoms with Gasteiger partial charge in [-0.2, -0.15) is 0 Å². The number of aliphatic hydroxyl groups is 8. The van der Waals surface area contributed by atoms with Gasteiger partial charge in [0.25, 0.3) is 0 Å². The molecular formula is C58H111NO13. The number of ether oxygens (including phenoxy) is 4. The largest absolute Gasteiger partial charge is 0.394 e. The van der Waals surface area contributed by atoms with Crippen LogP contribution in [-0.2, 0) is 23.7 Å². The molecule has 12 unspecified atom stereocenters. The van der Waals surface area contributed by atoms with E-state index in [9.17, 15) is 45.6 Å². The van der Waals surface area contributed by atoms with Gasteiger partial charge < -0.3 is 65.1 Å². The van der Waals surface area contributed by atoms with Crippen LogP contribution in [0.15, 0.2) is 12.2 Å². The molecule has 426 valence electrons. The number of nitrogens with one attached hydrogen (secondary N) is 1. The number of unbranched alkanes of at least 4 members (excludes halogenated alkanes) is 35. The first kappa shape index (κ1) is 66.8. The third-order valence-electron chi connectivity index (χ3n) is 15.0. The van der Waals surface area contributed by atoms with E-state index in [1.807, 2.05) is 6.08 Å². The lowest BCUT2D eigenvalue weighted by atomic mass is 9.97. The van der Waals surface area contributed by atoms with Crippen LogP contribution < -0.4 is 5.32 Å². The van der Waals surface area contributed by atoms with Crippen molar-refractivity contribution in [3.8, 4) is 0 Å². The van der Waals surface area contributed by atoms with Crippen LogP contribution >= 0.6 is 0 Å². The summed E-state index contributed by atoms with van der Waals surface area (Å²) in [6.07, 6.45) is 34.0. The third-order valence-corrected chi connectivity index (χ3v) is 15.0. The van der Waals surface area contributed by atoms with Crippen molar-refractivity contribution in [2.75, 3.05) is 19.8 Å². The molecule has 2 heterocycles. The van der Waals surface area contributed by atoms with Gasteiger partial charge in [-0.25, -0.2) is 0 Å². The zero-order valence-electron chi connectivity index (χ0n) is 45.7. The van der Waals surface area contributed by atoms with Gasteiger partial charge in [-0.3, -0.25) is 4.79 Å². The molecule has 9 N–H and O–H groups in total. The molecular weight excluding hydrogens is 919 g/mol. The van der Waals surface area contributed by atoms with Crippen molar-refractivity contribution in [3.05, 3.63) is 12.2 Å². The van der Waals surface area contributed by atoms with E-state index in [-0.39, 0.29) is 18.9 Å². The van der Waals surface area contributed by atoms with Gasteiger partial charge in [0.2, 0.25) is 5.91 Å². The van der Waals surface area contributed by atoms with Gasteiger partial charge in [-0.15, -0.1) is 0 Å². The van der Waals surface area contributed by atoms with Crippen molar-refractivity contribution in [1.82, 2.24) is 5.32 Å². The normalized spacial score (nSPS) is 25.6. The summed E-state index contributed by atoms with van der Waals surface area (Å²) in [5.41, 5.74) is 0. The lowest BCUT2D eigenvalue weighted by molar-refractivity contribution is -0.359. The highest BCUT2D eigenvalue weighted by Crippen LogP contribution is 2.30. The van der Waals surface area contributed by atoms with Gasteiger partial charge in [0.1, 0.15) is 48.8 Å². The average molecular weight is 1030 g/mol. The SMILES string of the molecule is CCCCCCCCCCCCCCCCCCCCCCCC/C=C/C(O)C(COC1OC(CO)C(OC2OC(CO)C(O)C(O)C2O)C(O)C1O)NC(=O)CCCCCCCCCCCCCCCC. The van der Waals surface area contributed by atoms with Crippen molar-refractivity contribution in [2.24, 2.45) is 0 Å². The monoisotopic (exact) mass is 1030 g/mol. The highest BCUT2D eigenvalue weighted by molar-refractivity contribution is 5.76. The highest BCUT2D eigenvalue weighted by atomic mass is 16.7. The van der Waals surface area contributed by atoms with Gasteiger partial charge in [0.15, 0.2) is 12.6 Å². The Morgan fingerprint density at radius 1 is 0.486 bits per heavy atom. The standard InChI is InChI=1S/C58H111NO13/c1-3-5-7-9-11-13-15-17-19-20-21-22-23-24-25-26-27-28-29-31-33-35-37-39-41-47(62)46(59-50(63)42-40-38-36-34-32-30-18-16-14-12-10-8-6-4-2)45-69-57-55(68)53(66)56(49(44-61)71-57)72-58-54(67)52(65)51(64)48(43-60)70-58/h39,41,46-49,51-58,60-62,64-68H,3-38,40,42-45H2,1-2H3,(H,59,63)/b41-39+.